The van der Waals surface area contributed by atoms with E-state index in [1.807, 2.05) is 0 Å². The number of allylic oxidation sites excluding steroid dienone is 2. The van der Waals surface area contributed by atoms with Crippen LogP contribution in [0.4, 0.5) is 0 Å². The van der Waals surface area contributed by atoms with Gasteiger partial charge in [0.1, 0.15) is 0 Å². The summed E-state index contributed by atoms with van der Waals surface area (Å²) in [5.74, 6) is 6.47. The number of hydrogen-bond donors (Lipinski definition) is 0. The first-order valence-electron chi connectivity index (χ1n) is 10.8. The minimum absolute atomic E-state index is 1.02. The fourth-order valence-corrected chi connectivity index (χ4v) is 3.05. The zero-order valence-electron chi connectivity index (χ0n) is 18.8. The lowest BCUT2D eigenvalue weighted by Crippen LogP contribution is -2.44. The Kier molecular flexibility index (Phi) is 12.7. The first kappa shape index (κ1) is 25.0. The van der Waals surface area contributed by atoms with Crippen LogP contribution in [0, 0.1) is 11.8 Å². The first-order valence-corrected chi connectivity index (χ1v) is 10.8. The lowest BCUT2D eigenvalue weighted by molar-refractivity contribution is -0.906. The van der Waals surface area contributed by atoms with Gasteiger partial charge in [-0.25, -0.2) is 0 Å². The van der Waals surface area contributed by atoms with E-state index in [0.29, 0.717) is 0 Å². The fraction of sp³-hybridized carbons (Fsp3) is 0.750. The number of nitrogens with zero attached hydrogens (tertiary/aromatic N) is 2. The molecule has 0 aliphatic heterocycles. The normalized spacial score (nSPS) is 11.8. The van der Waals surface area contributed by atoms with Gasteiger partial charge in [-0.3, -0.25) is 0 Å². The monoisotopic (exact) mass is 362 g/mol. The van der Waals surface area contributed by atoms with Gasteiger partial charge in [0.15, 0.2) is 0 Å². The molecule has 0 radical (unpaired) electrons. The first-order chi connectivity index (χ1) is 12.2. The van der Waals surface area contributed by atoms with E-state index >= 15 is 0 Å². The number of quaternary nitrogens is 2. The zero-order chi connectivity index (χ0) is 20.1. The summed E-state index contributed by atoms with van der Waals surface area (Å²) in [5.41, 5.74) is 2.13. The predicted molar refractivity (Wildman–Crippen MR) is 118 cm³/mol. The van der Waals surface area contributed by atoms with E-state index in [-0.39, 0.29) is 0 Å². The van der Waals surface area contributed by atoms with Gasteiger partial charge in [-0.15, -0.1) is 0 Å². The molecular formula is C24H46N2+2. The quantitative estimate of drug-likeness (QED) is 0.220. The van der Waals surface area contributed by atoms with Crippen molar-refractivity contribution < 1.29 is 8.97 Å². The van der Waals surface area contributed by atoms with Crippen LogP contribution >= 0.6 is 0 Å². The van der Waals surface area contributed by atoms with E-state index in [2.05, 4.69) is 66.8 Å². The fourth-order valence-electron chi connectivity index (χ4n) is 3.05. The van der Waals surface area contributed by atoms with Crippen molar-refractivity contribution in [2.75, 3.05) is 53.4 Å². The van der Waals surface area contributed by atoms with E-state index in [1.165, 1.54) is 73.9 Å². The van der Waals surface area contributed by atoms with Crippen LogP contribution in [0.1, 0.15) is 66.2 Å². The third-order valence-electron chi connectivity index (χ3n) is 6.32. The Morgan fingerprint density at radius 2 is 0.923 bits per heavy atom. The van der Waals surface area contributed by atoms with Gasteiger partial charge in [-0.05, 0) is 77.4 Å². The second kappa shape index (κ2) is 13.2. The highest BCUT2D eigenvalue weighted by Gasteiger charge is 2.15. The summed E-state index contributed by atoms with van der Waals surface area (Å²) in [6.07, 6.45) is 6.95. The molecule has 26 heavy (non-hydrogen) atoms. The molecule has 0 aliphatic rings. The van der Waals surface area contributed by atoms with Crippen molar-refractivity contribution in [3.05, 3.63) is 24.3 Å². The maximum Gasteiger partial charge on any atom is 0.0784 e. The van der Waals surface area contributed by atoms with Crippen LogP contribution in [-0.2, 0) is 0 Å². The molecule has 0 aliphatic carbocycles. The number of rotatable bonds is 14. The van der Waals surface area contributed by atoms with Gasteiger partial charge in [0.05, 0.1) is 53.4 Å². The molecule has 150 valence electrons. The van der Waals surface area contributed by atoms with Gasteiger partial charge in [0.25, 0.3) is 0 Å². The molecule has 0 saturated carbocycles. The van der Waals surface area contributed by atoms with Crippen LogP contribution in [-0.4, -0.2) is 62.3 Å². The summed E-state index contributed by atoms with van der Waals surface area (Å²) in [4.78, 5) is 0. The molecule has 0 amide bonds. The van der Waals surface area contributed by atoms with Crippen LogP contribution < -0.4 is 0 Å². The average Bonchev–Trinajstić information content (AvgIpc) is 2.66. The molecule has 0 spiro atoms. The molecule has 2 heteroatoms. The second-order valence-corrected chi connectivity index (χ2v) is 8.32. The van der Waals surface area contributed by atoms with Crippen molar-refractivity contribution in [3.8, 4) is 11.8 Å². The average molecular weight is 363 g/mol. The minimum atomic E-state index is 1.02. The van der Waals surface area contributed by atoms with Crippen molar-refractivity contribution in [2.24, 2.45) is 0 Å². The van der Waals surface area contributed by atoms with Crippen molar-refractivity contribution in [1.29, 1.82) is 0 Å². The summed E-state index contributed by atoms with van der Waals surface area (Å²) in [7, 11) is 4.70. The van der Waals surface area contributed by atoms with Gasteiger partial charge in [-0.2, -0.15) is 0 Å². The number of unbranched alkanes of at least 4 members (excludes halogenated alkanes) is 2. The highest BCUT2D eigenvalue weighted by Crippen LogP contribution is 2.11. The standard InChI is InChI=1S/C24H46N2/c1-9-25(7,10-2)21-15-13-17-23(5)19-20-24(6)18-14-16-22-26(8,11-3)12-4/h5-6,9-18,21-22H2,1-4,7-8H3/q+2. The number of hydrogen-bond acceptors (Lipinski definition) is 0. The molecule has 2 nitrogen and oxygen atoms in total. The van der Waals surface area contributed by atoms with E-state index in [9.17, 15) is 0 Å². The SMILES string of the molecule is C=C(C#CC(=C)CCCC[N+](C)(CC)CC)CCCC[N+](C)(CC)CC. The Labute approximate surface area is 165 Å². The predicted octanol–water partition coefficient (Wildman–Crippen LogP) is 5.42. The summed E-state index contributed by atoms with van der Waals surface area (Å²) >= 11 is 0. The Balaban J connectivity index is 3.99. The lowest BCUT2D eigenvalue weighted by Gasteiger charge is -2.32. The molecule has 0 fully saturated rings. The summed E-state index contributed by atoms with van der Waals surface area (Å²) in [6.45, 7) is 24.8. The second-order valence-electron chi connectivity index (χ2n) is 8.32. The smallest absolute Gasteiger partial charge is 0.0784 e. The van der Waals surface area contributed by atoms with Crippen molar-refractivity contribution >= 4 is 0 Å². The maximum absolute atomic E-state index is 4.13. The van der Waals surface area contributed by atoms with E-state index < -0.39 is 0 Å². The maximum atomic E-state index is 4.13. The molecular weight excluding hydrogens is 316 g/mol. The Bertz CT molecular complexity index is 428. The van der Waals surface area contributed by atoms with Gasteiger partial charge >= 0.3 is 0 Å². The zero-order valence-corrected chi connectivity index (χ0v) is 18.8. The van der Waals surface area contributed by atoms with Crippen LogP contribution in [0.2, 0.25) is 0 Å². The van der Waals surface area contributed by atoms with Crippen LogP contribution in [0.25, 0.3) is 0 Å². The van der Waals surface area contributed by atoms with Crippen molar-refractivity contribution in [1.82, 2.24) is 0 Å². The van der Waals surface area contributed by atoms with Gasteiger partial charge in [-0.1, -0.05) is 25.0 Å². The molecule has 0 saturated heterocycles. The molecule has 0 N–H and O–H groups in total. The van der Waals surface area contributed by atoms with Crippen LogP contribution in [0.15, 0.2) is 24.3 Å². The molecule has 0 aromatic carbocycles. The Morgan fingerprint density at radius 3 is 1.19 bits per heavy atom. The van der Waals surface area contributed by atoms with E-state index in [4.69, 9.17) is 0 Å². The molecule has 0 bridgehead atoms. The topological polar surface area (TPSA) is 0 Å². The van der Waals surface area contributed by atoms with E-state index in [1.54, 1.807) is 0 Å². The molecule has 0 heterocycles. The summed E-state index contributed by atoms with van der Waals surface area (Å²) in [5, 5.41) is 0. The van der Waals surface area contributed by atoms with Crippen molar-refractivity contribution in [2.45, 2.75) is 66.2 Å². The summed E-state index contributed by atoms with van der Waals surface area (Å²) in [6, 6.07) is 0. The third-order valence-corrected chi connectivity index (χ3v) is 6.32. The molecule has 0 rings (SSSR count). The third kappa shape index (κ3) is 10.8. The highest BCUT2D eigenvalue weighted by atomic mass is 15.3. The van der Waals surface area contributed by atoms with Crippen molar-refractivity contribution in [3.63, 3.8) is 0 Å². The largest absolute Gasteiger partial charge is 0.327 e. The molecule has 0 aromatic heterocycles. The molecule has 0 aromatic rings. The molecule has 0 unspecified atom stereocenters. The van der Waals surface area contributed by atoms with E-state index in [0.717, 1.165) is 24.0 Å². The molecule has 0 atom stereocenters. The van der Waals surface area contributed by atoms with Gasteiger partial charge < -0.3 is 8.97 Å². The van der Waals surface area contributed by atoms with Crippen LogP contribution in [0.5, 0.6) is 0 Å². The Hall–Kier alpha value is -1.04. The lowest BCUT2D eigenvalue weighted by atomic mass is 10.1. The van der Waals surface area contributed by atoms with Gasteiger partial charge in [0, 0.05) is 0 Å². The Morgan fingerprint density at radius 1 is 0.615 bits per heavy atom. The highest BCUT2D eigenvalue weighted by molar-refractivity contribution is 5.35. The van der Waals surface area contributed by atoms with Gasteiger partial charge in [0.2, 0.25) is 0 Å². The summed E-state index contributed by atoms with van der Waals surface area (Å²) < 4.78 is 2.34. The van der Waals surface area contributed by atoms with Crippen LogP contribution in [0.3, 0.4) is 0 Å². The minimum Gasteiger partial charge on any atom is -0.327 e.